The Labute approximate surface area is 94.0 Å². The van der Waals surface area contributed by atoms with Gasteiger partial charge in [0.1, 0.15) is 0 Å². The van der Waals surface area contributed by atoms with Crippen molar-refractivity contribution in [2.45, 2.75) is 18.2 Å². The average Bonchev–Trinajstić information content (AvgIpc) is 2.24. The van der Waals surface area contributed by atoms with Crippen molar-refractivity contribution >= 4 is 23.4 Å². The molecule has 3 nitrogen and oxygen atoms in total. The van der Waals surface area contributed by atoms with Crippen molar-refractivity contribution in [1.82, 2.24) is 0 Å². The normalized spacial score (nSPS) is 10.0. The van der Waals surface area contributed by atoms with Crippen LogP contribution in [-0.2, 0) is 9.53 Å². The van der Waals surface area contributed by atoms with E-state index in [2.05, 4.69) is 4.74 Å². The second kappa shape index (κ2) is 5.66. The number of nitrogens with two attached hydrogens (primary N) is 1. The lowest BCUT2D eigenvalue weighted by molar-refractivity contribution is -0.140. The number of carbonyl (C=O) groups excluding carboxylic acids is 1. The Kier molecular flexibility index (Phi) is 4.49. The van der Waals surface area contributed by atoms with Crippen LogP contribution >= 0.6 is 11.8 Å². The third kappa shape index (κ3) is 3.47. The van der Waals surface area contributed by atoms with Gasteiger partial charge < -0.3 is 10.5 Å². The fraction of sp³-hybridized carbons (Fsp3) is 0.364. The highest BCUT2D eigenvalue weighted by Crippen LogP contribution is 2.26. The lowest BCUT2D eigenvalue weighted by Gasteiger charge is -2.07. The summed E-state index contributed by atoms with van der Waals surface area (Å²) in [5.74, 6) is 0.542. The molecule has 1 aromatic rings. The zero-order valence-electron chi connectivity index (χ0n) is 8.95. The molecular formula is C11H15NO2S. The first kappa shape index (κ1) is 11.9. The quantitative estimate of drug-likeness (QED) is 0.485. The molecule has 0 unspecified atom stereocenters. The number of nitrogen functional groups attached to an aromatic ring is 1. The minimum Gasteiger partial charge on any atom is -0.469 e. The molecular weight excluding hydrogens is 210 g/mol. The Morgan fingerprint density at radius 3 is 2.93 bits per heavy atom. The van der Waals surface area contributed by atoms with Gasteiger partial charge in [-0.15, -0.1) is 11.8 Å². The van der Waals surface area contributed by atoms with Gasteiger partial charge in [0, 0.05) is 16.3 Å². The van der Waals surface area contributed by atoms with Crippen LogP contribution in [0.2, 0.25) is 0 Å². The monoisotopic (exact) mass is 225 g/mol. The van der Waals surface area contributed by atoms with Crippen LogP contribution in [0.4, 0.5) is 5.69 Å². The van der Waals surface area contributed by atoms with E-state index in [1.54, 1.807) is 11.8 Å². The van der Waals surface area contributed by atoms with Crippen molar-refractivity contribution in [3.8, 4) is 0 Å². The van der Waals surface area contributed by atoms with Crippen LogP contribution in [0.15, 0.2) is 23.1 Å². The van der Waals surface area contributed by atoms with E-state index in [9.17, 15) is 4.79 Å². The number of methoxy groups -OCH3 is 1. The molecule has 1 rings (SSSR count). The summed E-state index contributed by atoms with van der Waals surface area (Å²) >= 11 is 1.62. The molecule has 0 fully saturated rings. The summed E-state index contributed by atoms with van der Waals surface area (Å²) < 4.78 is 4.57. The molecule has 4 heteroatoms. The van der Waals surface area contributed by atoms with E-state index in [1.165, 1.54) is 7.11 Å². The first-order valence-corrected chi connectivity index (χ1v) is 5.68. The smallest absolute Gasteiger partial charge is 0.306 e. The third-order valence-corrected chi connectivity index (χ3v) is 3.28. The van der Waals surface area contributed by atoms with Crippen LogP contribution in [-0.4, -0.2) is 18.8 Å². The van der Waals surface area contributed by atoms with E-state index >= 15 is 0 Å². The molecule has 0 saturated carbocycles. The number of esters is 1. The Morgan fingerprint density at radius 1 is 1.53 bits per heavy atom. The average molecular weight is 225 g/mol. The van der Waals surface area contributed by atoms with Crippen molar-refractivity contribution in [2.24, 2.45) is 0 Å². The molecule has 0 aromatic heterocycles. The minimum atomic E-state index is -0.177. The summed E-state index contributed by atoms with van der Waals surface area (Å²) in [5.41, 5.74) is 7.64. The van der Waals surface area contributed by atoms with Gasteiger partial charge >= 0.3 is 5.97 Å². The molecule has 1 aromatic carbocycles. The number of anilines is 1. The number of rotatable bonds is 4. The van der Waals surface area contributed by atoms with Crippen LogP contribution in [0.3, 0.4) is 0 Å². The maximum atomic E-state index is 10.9. The molecule has 82 valence electrons. The van der Waals surface area contributed by atoms with Crippen molar-refractivity contribution in [2.75, 3.05) is 18.6 Å². The number of hydrogen-bond donors (Lipinski definition) is 1. The first-order valence-electron chi connectivity index (χ1n) is 4.70. The molecule has 0 spiro atoms. The Balaban J connectivity index is 2.51. The highest BCUT2D eigenvalue weighted by atomic mass is 32.2. The van der Waals surface area contributed by atoms with Gasteiger partial charge in [-0.25, -0.2) is 0 Å². The standard InChI is InChI=1S/C11H15NO2S/c1-8-9(12)4-3-5-10(8)15-7-6-11(13)14-2/h3-5H,6-7,12H2,1-2H3. The number of benzene rings is 1. The molecule has 15 heavy (non-hydrogen) atoms. The molecule has 0 heterocycles. The van der Waals surface area contributed by atoms with Crippen LogP contribution in [0.5, 0.6) is 0 Å². The Hall–Kier alpha value is -1.16. The number of thioether (sulfide) groups is 1. The van der Waals surface area contributed by atoms with Crippen molar-refractivity contribution in [3.05, 3.63) is 23.8 Å². The summed E-state index contributed by atoms with van der Waals surface area (Å²) in [7, 11) is 1.40. The largest absolute Gasteiger partial charge is 0.469 e. The number of carbonyl (C=O) groups is 1. The van der Waals surface area contributed by atoms with Gasteiger partial charge in [0.25, 0.3) is 0 Å². The maximum Gasteiger partial charge on any atom is 0.306 e. The van der Waals surface area contributed by atoms with Crippen molar-refractivity contribution < 1.29 is 9.53 Å². The van der Waals surface area contributed by atoms with Crippen LogP contribution in [0.25, 0.3) is 0 Å². The molecule has 0 saturated heterocycles. The van der Waals surface area contributed by atoms with Gasteiger partial charge in [0.05, 0.1) is 13.5 Å². The molecule has 0 bridgehead atoms. The molecule has 0 aliphatic heterocycles. The lowest BCUT2D eigenvalue weighted by atomic mass is 10.2. The molecule has 0 amide bonds. The van der Waals surface area contributed by atoms with Gasteiger partial charge in [0.2, 0.25) is 0 Å². The van der Waals surface area contributed by atoms with Crippen LogP contribution in [0, 0.1) is 6.92 Å². The zero-order valence-corrected chi connectivity index (χ0v) is 9.76. The molecule has 0 aliphatic rings. The SMILES string of the molecule is COC(=O)CCSc1cccc(N)c1C. The van der Waals surface area contributed by atoms with E-state index in [-0.39, 0.29) is 5.97 Å². The number of hydrogen-bond acceptors (Lipinski definition) is 4. The Bertz CT molecular complexity index is 352. The summed E-state index contributed by atoms with van der Waals surface area (Å²) in [4.78, 5) is 12.0. The molecule has 0 atom stereocenters. The second-order valence-corrected chi connectivity index (χ2v) is 4.28. The van der Waals surface area contributed by atoms with E-state index in [0.29, 0.717) is 6.42 Å². The van der Waals surface area contributed by atoms with Gasteiger partial charge in [-0.2, -0.15) is 0 Å². The lowest BCUT2D eigenvalue weighted by Crippen LogP contribution is -2.01. The van der Waals surface area contributed by atoms with E-state index in [4.69, 9.17) is 5.73 Å². The molecule has 0 aliphatic carbocycles. The van der Waals surface area contributed by atoms with E-state index in [0.717, 1.165) is 21.9 Å². The number of ether oxygens (including phenoxy) is 1. The second-order valence-electron chi connectivity index (χ2n) is 3.14. The summed E-state index contributed by atoms with van der Waals surface area (Å²) in [6.45, 7) is 1.98. The van der Waals surface area contributed by atoms with E-state index in [1.807, 2.05) is 25.1 Å². The first-order chi connectivity index (χ1) is 7.15. The zero-order chi connectivity index (χ0) is 11.3. The highest BCUT2D eigenvalue weighted by Gasteiger charge is 2.04. The predicted octanol–water partition coefficient (Wildman–Crippen LogP) is 2.23. The summed E-state index contributed by atoms with van der Waals surface area (Å²) in [6.07, 6.45) is 0.426. The predicted molar refractivity (Wildman–Crippen MR) is 62.9 cm³/mol. The summed E-state index contributed by atoms with van der Waals surface area (Å²) in [6, 6.07) is 5.80. The van der Waals surface area contributed by atoms with Crippen LogP contribution < -0.4 is 5.73 Å². The van der Waals surface area contributed by atoms with Gasteiger partial charge in [-0.3, -0.25) is 4.79 Å². The maximum absolute atomic E-state index is 10.9. The fourth-order valence-corrected chi connectivity index (χ4v) is 2.13. The van der Waals surface area contributed by atoms with Gasteiger partial charge in [-0.1, -0.05) is 6.07 Å². The fourth-order valence-electron chi connectivity index (χ4n) is 1.13. The van der Waals surface area contributed by atoms with Crippen molar-refractivity contribution in [1.29, 1.82) is 0 Å². The minimum absolute atomic E-state index is 0.177. The van der Waals surface area contributed by atoms with Crippen molar-refractivity contribution in [3.63, 3.8) is 0 Å². The summed E-state index contributed by atoms with van der Waals surface area (Å²) in [5, 5.41) is 0. The Morgan fingerprint density at radius 2 is 2.27 bits per heavy atom. The highest BCUT2D eigenvalue weighted by molar-refractivity contribution is 7.99. The third-order valence-electron chi connectivity index (χ3n) is 2.12. The topological polar surface area (TPSA) is 52.3 Å². The molecule has 2 N–H and O–H groups in total. The van der Waals surface area contributed by atoms with Gasteiger partial charge in [-0.05, 0) is 24.6 Å². The van der Waals surface area contributed by atoms with Gasteiger partial charge in [0.15, 0.2) is 0 Å². The molecule has 0 radical (unpaired) electrons. The van der Waals surface area contributed by atoms with E-state index < -0.39 is 0 Å². The van der Waals surface area contributed by atoms with Crippen LogP contribution in [0.1, 0.15) is 12.0 Å².